The summed E-state index contributed by atoms with van der Waals surface area (Å²) < 4.78 is 1.91. The lowest BCUT2D eigenvalue weighted by Gasteiger charge is -2.08. The quantitative estimate of drug-likeness (QED) is 0.758. The molecule has 1 amide bonds. The topological polar surface area (TPSA) is 84.2 Å². The number of para-hydroxylation sites is 1. The summed E-state index contributed by atoms with van der Waals surface area (Å²) in [4.78, 5) is 23.0. The molecule has 0 unspecified atom stereocenters. The SMILES string of the molecule is Cc1ccccc1-n1nc(C(=O)NCCCCC(=O)O)c2c1CCC2. The second kappa shape index (κ2) is 7.51. The molecule has 3 rings (SSSR count). The minimum absolute atomic E-state index is 0.132. The smallest absolute Gasteiger partial charge is 0.303 e. The Morgan fingerprint density at radius 2 is 2.04 bits per heavy atom. The molecular weight excluding hydrogens is 318 g/mol. The highest BCUT2D eigenvalue weighted by atomic mass is 16.4. The molecule has 0 saturated carbocycles. The van der Waals surface area contributed by atoms with Crippen LogP contribution in [0.25, 0.3) is 5.69 Å². The number of hydrogen-bond acceptors (Lipinski definition) is 3. The molecule has 2 aromatic rings. The molecule has 132 valence electrons. The van der Waals surface area contributed by atoms with Crippen molar-refractivity contribution in [3.8, 4) is 5.69 Å². The number of aliphatic carboxylic acids is 1. The van der Waals surface area contributed by atoms with Crippen LogP contribution in [0.3, 0.4) is 0 Å². The van der Waals surface area contributed by atoms with E-state index in [2.05, 4.69) is 10.4 Å². The standard InChI is InChI=1S/C19H23N3O3/c1-13-7-2-3-9-15(13)22-16-10-6-8-14(16)18(21-22)19(25)20-12-5-4-11-17(23)24/h2-3,7,9H,4-6,8,10-12H2,1H3,(H,20,25)(H,23,24). The van der Waals surface area contributed by atoms with Gasteiger partial charge in [-0.2, -0.15) is 5.10 Å². The Hall–Kier alpha value is -2.63. The van der Waals surface area contributed by atoms with E-state index in [-0.39, 0.29) is 12.3 Å². The molecule has 25 heavy (non-hydrogen) atoms. The van der Waals surface area contributed by atoms with Crippen LogP contribution in [0.1, 0.15) is 53.0 Å². The molecular formula is C19H23N3O3. The number of carbonyl (C=O) groups is 2. The van der Waals surface area contributed by atoms with Crippen molar-refractivity contribution < 1.29 is 14.7 Å². The molecule has 0 spiro atoms. The average molecular weight is 341 g/mol. The number of carbonyl (C=O) groups excluding carboxylic acids is 1. The number of amides is 1. The Morgan fingerprint density at radius 1 is 1.24 bits per heavy atom. The second-order valence-corrected chi connectivity index (χ2v) is 6.43. The van der Waals surface area contributed by atoms with Gasteiger partial charge in [0.2, 0.25) is 0 Å². The van der Waals surface area contributed by atoms with Crippen molar-refractivity contribution in [2.75, 3.05) is 6.54 Å². The fraction of sp³-hybridized carbons (Fsp3) is 0.421. The molecule has 0 bridgehead atoms. The number of fused-ring (bicyclic) bond motifs is 1. The first-order valence-corrected chi connectivity index (χ1v) is 8.74. The van der Waals surface area contributed by atoms with Crippen LogP contribution >= 0.6 is 0 Å². The van der Waals surface area contributed by atoms with Gasteiger partial charge in [0.05, 0.1) is 5.69 Å². The molecule has 0 radical (unpaired) electrons. The molecule has 0 atom stereocenters. The first-order chi connectivity index (χ1) is 12.1. The average Bonchev–Trinajstić information content (AvgIpc) is 3.17. The van der Waals surface area contributed by atoms with Crippen molar-refractivity contribution in [3.63, 3.8) is 0 Å². The van der Waals surface area contributed by atoms with E-state index in [4.69, 9.17) is 5.11 Å². The van der Waals surface area contributed by atoms with E-state index < -0.39 is 5.97 Å². The maximum atomic E-state index is 12.5. The molecule has 6 heteroatoms. The third-order valence-electron chi connectivity index (χ3n) is 4.59. The predicted octanol–water partition coefficient (Wildman–Crippen LogP) is 2.65. The van der Waals surface area contributed by atoms with Gasteiger partial charge in [-0.1, -0.05) is 18.2 Å². The van der Waals surface area contributed by atoms with E-state index in [1.165, 1.54) is 0 Å². The maximum Gasteiger partial charge on any atom is 0.303 e. The zero-order chi connectivity index (χ0) is 17.8. The van der Waals surface area contributed by atoms with Gasteiger partial charge in [-0.25, -0.2) is 4.68 Å². The highest BCUT2D eigenvalue weighted by Gasteiger charge is 2.27. The van der Waals surface area contributed by atoms with E-state index in [0.717, 1.165) is 41.8 Å². The number of aromatic nitrogens is 2. The van der Waals surface area contributed by atoms with Gasteiger partial charge < -0.3 is 10.4 Å². The molecule has 1 aliphatic rings. The van der Waals surface area contributed by atoms with Crippen LogP contribution in [0.5, 0.6) is 0 Å². The summed E-state index contributed by atoms with van der Waals surface area (Å²) in [6, 6.07) is 8.04. The van der Waals surface area contributed by atoms with Gasteiger partial charge in [-0.05, 0) is 50.7 Å². The highest BCUT2D eigenvalue weighted by Crippen LogP contribution is 2.28. The minimum Gasteiger partial charge on any atom is -0.481 e. The van der Waals surface area contributed by atoms with E-state index in [9.17, 15) is 9.59 Å². The molecule has 6 nitrogen and oxygen atoms in total. The van der Waals surface area contributed by atoms with Gasteiger partial charge >= 0.3 is 5.97 Å². The number of rotatable bonds is 7. The lowest BCUT2D eigenvalue weighted by molar-refractivity contribution is -0.137. The number of hydrogen-bond donors (Lipinski definition) is 2. The summed E-state index contributed by atoms with van der Waals surface area (Å²) in [6.07, 6.45) is 4.20. The van der Waals surface area contributed by atoms with Crippen molar-refractivity contribution in [3.05, 3.63) is 46.8 Å². The summed E-state index contributed by atoms with van der Waals surface area (Å²) in [6.45, 7) is 2.51. The van der Waals surface area contributed by atoms with Gasteiger partial charge in [0.25, 0.3) is 5.91 Å². The summed E-state index contributed by atoms with van der Waals surface area (Å²) in [5.41, 5.74) is 4.83. The molecule has 1 heterocycles. The lowest BCUT2D eigenvalue weighted by Crippen LogP contribution is -2.26. The second-order valence-electron chi connectivity index (χ2n) is 6.43. The van der Waals surface area contributed by atoms with E-state index in [0.29, 0.717) is 25.1 Å². The number of aryl methyl sites for hydroxylation is 1. The van der Waals surface area contributed by atoms with Crippen molar-refractivity contribution >= 4 is 11.9 Å². The molecule has 2 N–H and O–H groups in total. The number of nitrogens with zero attached hydrogens (tertiary/aromatic N) is 2. The Morgan fingerprint density at radius 3 is 2.80 bits per heavy atom. The van der Waals surface area contributed by atoms with E-state index in [1.54, 1.807) is 0 Å². The van der Waals surface area contributed by atoms with Crippen LogP contribution in [-0.2, 0) is 17.6 Å². The van der Waals surface area contributed by atoms with Crippen LogP contribution in [0.4, 0.5) is 0 Å². The van der Waals surface area contributed by atoms with Crippen LogP contribution in [0.15, 0.2) is 24.3 Å². The summed E-state index contributed by atoms with van der Waals surface area (Å²) in [5.74, 6) is -0.970. The third-order valence-corrected chi connectivity index (χ3v) is 4.59. The fourth-order valence-corrected chi connectivity index (χ4v) is 3.31. The minimum atomic E-state index is -0.805. The van der Waals surface area contributed by atoms with Gasteiger partial charge in [0.1, 0.15) is 0 Å². The first kappa shape index (κ1) is 17.2. The van der Waals surface area contributed by atoms with Crippen molar-refractivity contribution in [2.24, 2.45) is 0 Å². The molecule has 1 aliphatic carbocycles. The van der Waals surface area contributed by atoms with Crippen molar-refractivity contribution in [2.45, 2.75) is 45.4 Å². The molecule has 0 fully saturated rings. The predicted molar refractivity (Wildman–Crippen MR) is 94.1 cm³/mol. The molecule has 0 aliphatic heterocycles. The fourth-order valence-electron chi connectivity index (χ4n) is 3.31. The number of carboxylic acid groups (broad SMARTS) is 1. The van der Waals surface area contributed by atoms with Crippen LogP contribution < -0.4 is 5.32 Å². The van der Waals surface area contributed by atoms with Gasteiger partial charge in [-0.3, -0.25) is 9.59 Å². The monoisotopic (exact) mass is 341 g/mol. The van der Waals surface area contributed by atoms with Gasteiger partial charge in [-0.15, -0.1) is 0 Å². The molecule has 0 saturated heterocycles. The molecule has 1 aromatic heterocycles. The van der Waals surface area contributed by atoms with Crippen molar-refractivity contribution in [1.29, 1.82) is 0 Å². The van der Waals surface area contributed by atoms with Crippen LogP contribution in [0, 0.1) is 6.92 Å². The van der Waals surface area contributed by atoms with Crippen LogP contribution in [0.2, 0.25) is 0 Å². The summed E-state index contributed by atoms with van der Waals surface area (Å²) in [7, 11) is 0. The van der Waals surface area contributed by atoms with Crippen LogP contribution in [-0.4, -0.2) is 33.3 Å². The van der Waals surface area contributed by atoms with E-state index in [1.807, 2.05) is 35.9 Å². The first-order valence-electron chi connectivity index (χ1n) is 8.74. The summed E-state index contributed by atoms with van der Waals surface area (Å²) >= 11 is 0. The zero-order valence-corrected chi connectivity index (χ0v) is 14.4. The Bertz CT molecular complexity index is 795. The van der Waals surface area contributed by atoms with Crippen molar-refractivity contribution in [1.82, 2.24) is 15.1 Å². The number of carboxylic acids is 1. The largest absolute Gasteiger partial charge is 0.481 e. The summed E-state index contributed by atoms with van der Waals surface area (Å²) in [5, 5.41) is 16.1. The Balaban J connectivity index is 1.75. The Kier molecular flexibility index (Phi) is 5.16. The zero-order valence-electron chi connectivity index (χ0n) is 14.4. The lowest BCUT2D eigenvalue weighted by atomic mass is 10.1. The highest BCUT2D eigenvalue weighted by molar-refractivity contribution is 5.94. The third kappa shape index (κ3) is 3.73. The van der Waals surface area contributed by atoms with Gasteiger partial charge in [0.15, 0.2) is 5.69 Å². The number of nitrogens with one attached hydrogen (secondary N) is 1. The number of unbranched alkanes of at least 4 members (excludes halogenated alkanes) is 1. The Labute approximate surface area is 146 Å². The van der Waals surface area contributed by atoms with Gasteiger partial charge in [0, 0.05) is 24.2 Å². The van der Waals surface area contributed by atoms with E-state index >= 15 is 0 Å². The molecule has 1 aromatic carbocycles. The normalized spacial score (nSPS) is 12.8. The number of benzene rings is 1. The maximum absolute atomic E-state index is 12.5.